The van der Waals surface area contributed by atoms with Crippen LogP contribution in [0.5, 0.6) is 0 Å². The van der Waals surface area contributed by atoms with Gasteiger partial charge in [-0.05, 0) is 6.92 Å². The molecule has 0 aromatic rings. The van der Waals surface area contributed by atoms with Crippen LogP contribution in [0.15, 0.2) is 12.2 Å². The molecule has 1 aliphatic heterocycles. The van der Waals surface area contributed by atoms with Crippen molar-refractivity contribution in [2.45, 2.75) is 37.8 Å². The third kappa shape index (κ3) is 2.41. The van der Waals surface area contributed by atoms with Gasteiger partial charge in [0.2, 0.25) is 0 Å². The molecule has 0 saturated carbocycles. The Morgan fingerprint density at radius 3 is 2.94 bits per heavy atom. The first-order valence-corrected chi connectivity index (χ1v) is 5.84. The molecule has 18 heavy (non-hydrogen) atoms. The second kappa shape index (κ2) is 4.73. The van der Waals surface area contributed by atoms with E-state index < -0.39 is 23.9 Å². The standard InChI is InChI=1S/C13H16O5/c1-8(7-17-9(2)14)5-6-13-11(16)4-3-10(15)12(13)18-13/h3-4,8,10-12,15-16H,7H2,1-2H3/t8?,10-,11-,12+,13-/m0/s1. The summed E-state index contributed by atoms with van der Waals surface area (Å²) in [6.07, 6.45) is 0.959. The van der Waals surface area contributed by atoms with Crippen molar-refractivity contribution in [3.63, 3.8) is 0 Å². The number of epoxide rings is 1. The quantitative estimate of drug-likeness (QED) is 0.303. The zero-order valence-electron chi connectivity index (χ0n) is 10.3. The number of hydrogen-bond acceptors (Lipinski definition) is 5. The number of hydrogen-bond donors (Lipinski definition) is 2. The predicted molar refractivity (Wildman–Crippen MR) is 62.3 cm³/mol. The largest absolute Gasteiger partial charge is 0.465 e. The molecule has 1 aliphatic carbocycles. The maximum absolute atomic E-state index is 10.6. The topological polar surface area (TPSA) is 79.3 Å². The van der Waals surface area contributed by atoms with Gasteiger partial charge in [-0.1, -0.05) is 24.0 Å². The van der Waals surface area contributed by atoms with Crippen molar-refractivity contribution in [3.8, 4) is 11.8 Å². The maximum Gasteiger partial charge on any atom is 0.302 e. The van der Waals surface area contributed by atoms with Gasteiger partial charge in [0.1, 0.15) is 24.9 Å². The lowest BCUT2D eigenvalue weighted by molar-refractivity contribution is -0.141. The van der Waals surface area contributed by atoms with E-state index in [-0.39, 0.29) is 18.5 Å². The van der Waals surface area contributed by atoms with Gasteiger partial charge >= 0.3 is 5.97 Å². The zero-order chi connectivity index (χ0) is 13.3. The summed E-state index contributed by atoms with van der Waals surface area (Å²) in [5.74, 6) is 5.24. The molecule has 2 N–H and O–H groups in total. The summed E-state index contributed by atoms with van der Waals surface area (Å²) in [7, 11) is 0. The van der Waals surface area contributed by atoms with Crippen molar-refractivity contribution in [3.05, 3.63) is 12.2 Å². The van der Waals surface area contributed by atoms with Crippen molar-refractivity contribution in [1.82, 2.24) is 0 Å². The maximum atomic E-state index is 10.6. The highest BCUT2D eigenvalue weighted by atomic mass is 16.6. The molecule has 5 heteroatoms. The first-order chi connectivity index (χ1) is 8.45. The van der Waals surface area contributed by atoms with Crippen molar-refractivity contribution in [2.75, 3.05) is 6.61 Å². The molecule has 5 atom stereocenters. The smallest absolute Gasteiger partial charge is 0.302 e. The Labute approximate surface area is 105 Å². The molecule has 1 fully saturated rings. The number of carbonyl (C=O) groups excluding carboxylic acids is 1. The fourth-order valence-electron chi connectivity index (χ4n) is 1.89. The van der Waals surface area contributed by atoms with E-state index in [2.05, 4.69) is 11.8 Å². The second-order valence-corrected chi connectivity index (χ2v) is 4.62. The van der Waals surface area contributed by atoms with Crippen molar-refractivity contribution < 1.29 is 24.5 Å². The number of carbonyl (C=O) groups is 1. The van der Waals surface area contributed by atoms with Gasteiger partial charge in [-0.3, -0.25) is 4.79 Å². The van der Waals surface area contributed by atoms with E-state index in [0.29, 0.717) is 0 Å². The highest BCUT2D eigenvalue weighted by Crippen LogP contribution is 2.45. The lowest BCUT2D eigenvalue weighted by Crippen LogP contribution is -2.36. The minimum atomic E-state index is -0.987. The molecule has 98 valence electrons. The van der Waals surface area contributed by atoms with Gasteiger partial charge in [0.25, 0.3) is 0 Å². The molecule has 0 spiro atoms. The number of ether oxygens (including phenoxy) is 2. The molecule has 1 unspecified atom stereocenters. The zero-order valence-corrected chi connectivity index (χ0v) is 10.3. The van der Waals surface area contributed by atoms with E-state index >= 15 is 0 Å². The van der Waals surface area contributed by atoms with E-state index in [0.717, 1.165) is 0 Å². The Kier molecular flexibility index (Phi) is 3.44. The van der Waals surface area contributed by atoms with E-state index in [9.17, 15) is 15.0 Å². The van der Waals surface area contributed by atoms with Crippen LogP contribution in [-0.2, 0) is 14.3 Å². The van der Waals surface area contributed by atoms with Crippen molar-refractivity contribution in [1.29, 1.82) is 0 Å². The van der Waals surface area contributed by atoms with Crippen LogP contribution < -0.4 is 0 Å². The summed E-state index contributed by atoms with van der Waals surface area (Å²) in [6.45, 7) is 3.36. The molecule has 2 aliphatic rings. The number of rotatable bonds is 2. The minimum absolute atomic E-state index is 0.150. The molecule has 0 bridgehead atoms. The molecule has 5 nitrogen and oxygen atoms in total. The molecule has 2 rings (SSSR count). The molecule has 1 heterocycles. The SMILES string of the molecule is CC(=O)OCC(C)C#C[C@@]12O[C@@H]1[C@@H](O)C=C[C@@H]2O. The predicted octanol–water partition coefficient (Wildman–Crippen LogP) is -0.382. The molecule has 0 amide bonds. The Morgan fingerprint density at radius 1 is 1.56 bits per heavy atom. The van der Waals surface area contributed by atoms with Crippen LogP contribution in [0.2, 0.25) is 0 Å². The third-order valence-corrected chi connectivity index (χ3v) is 2.98. The second-order valence-electron chi connectivity index (χ2n) is 4.62. The Balaban J connectivity index is 1.98. The van der Waals surface area contributed by atoms with Crippen LogP contribution >= 0.6 is 0 Å². The van der Waals surface area contributed by atoms with Gasteiger partial charge in [-0.2, -0.15) is 0 Å². The molecular weight excluding hydrogens is 236 g/mol. The number of esters is 1. The fourth-order valence-corrected chi connectivity index (χ4v) is 1.89. The van der Waals surface area contributed by atoms with Crippen LogP contribution in [0.1, 0.15) is 13.8 Å². The van der Waals surface area contributed by atoms with Crippen molar-refractivity contribution >= 4 is 5.97 Å². The van der Waals surface area contributed by atoms with Gasteiger partial charge in [-0.15, -0.1) is 0 Å². The van der Waals surface area contributed by atoms with Crippen molar-refractivity contribution in [2.24, 2.45) is 5.92 Å². The van der Waals surface area contributed by atoms with E-state index in [1.165, 1.54) is 19.1 Å². The van der Waals surface area contributed by atoms with Gasteiger partial charge in [0.15, 0.2) is 5.60 Å². The number of aliphatic hydroxyl groups excluding tert-OH is 2. The summed E-state index contributed by atoms with van der Waals surface area (Å²) in [5, 5.41) is 19.4. The minimum Gasteiger partial charge on any atom is -0.465 e. The third-order valence-electron chi connectivity index (χ3n) is 2.98. The normalized spacial score (nSPS) is 38.1. The summed E-state index contributed by atoms with van der Waals surface area (Å²) in [6, 6.07) is 0. The van der Waals surface area contributed by atoms with Gasteiger partial charge < -0.3 is 19.7 Å². The number of fused-ring (bicyclic) bond motifs is 1. The highest BCUT2D eigenvalue weighted by Gasteiger charge is 2.64. The highest BCUT2D eigenvalue weighted by molar-refractivity contribution is 5.65. The molecule has 1 saturated heterocycles. The van der Waals surface area contributed by atoms with Crippen LogP contribution in [0.4, 0.5) is 0 Å². The van der Waals surface area contributed by atoms with Gasteiger partial charge in [0.05, 0.1) is 5.92 Å². The molecular formula is C13H16O5. The summed E-state index contributed by atoms with van der Waals surface area (Å²) < 4.78 is 10.2. The Hall–Kier alpha value is -1.35. The lowest BCUT2D eigenvalue weighted by atomic mass is 9.90. The van der Waals surface area contributed by atoms with Gasteiger partial charge in [0, 0.05) is 6.92 Å². The van der Waals surface area contributed by atoms with Crippen LogP contribution in [0.3, 0.4) is 0 Å². The van der Waals surface area contributed by atoms with Crippen LogP contribution in [0, 0.1) is 17.8 Å². The first-order valence-electron chi connectivity index (χ1n) is 5.84. The summed E-state index contributed by atoms with van der Waals surface area (Å²) >= 11 is 0. The van der Waals surface area contributed by atoms with E-state index in [1.54, 1.807) is 0 Å². The molecule has 0 aromatic heterocycles. The molecule has 0 aromatic carbocycles. The molecule has 0 radical (unpaired) electrons. The fraction of sp³-hybridized carbons (Fsp3) is 0.615. The van der Waals surface area contributed by atoms with Crippen LogP contribution in [0.25, 0.3) is 0 Å². The average Bonchev–Trinajstić information content (AvgIpc) is 3.06. The summed E-state index contributed by atoms with van der Waals surface area (Å²) in [5.41, 5.74) is -0.987. The monoisotopic (exact) mass is 252 g/mol. The summed E-state index contributed by atoms with van der Waals surface area (Å²) in [4.78, 5) is 10.6. The Morgan fingerprint density at radius 2 is 2.28 bits per heavy atom. The average molecular weight is 252 g/mol. The van der Waals surface area contributed by atoms with Crippen LogP contribution in [-0.4, -0.2) is 46.7 Å². The number of aliphatic hydroxyl groups is 2. The van der Waals surface area contributed by atoms with Gasteiger partial charge in [-0.25, -0.2) is 0 Å². The first kappa shape index (κ1) is 13.1. The lowest BCUT2D eigenvalue weighted by Gasteiger charge is -2.16. The van der Waals surface area contributed by atoms with E-state index in [1.807, 2.05) is 6.92 Å². The van der Waals surface area contributed by atoms with E-state index in [4.69, 9.17) is 9.47 Å². The Bertz CT molecular complexity index is 432.